The molecule has 0 spiro atoms. The zero-order valence-electron chi connectivity index (χ0n) is 17.4. The van der Waals surface area contributed by atoms with Crippen molar-refractivity contribution >= 4 is 5.91 Å². The van der Waals surface area contributed by atoms with Crippen molar-refractivity contribution < 1.29 is 9.53 Å². The van der Waals surface area contributed by atoms with E-state index in [4.69, 9.17) is 4.74 Å². The number of rotatable bonds is 8. The Morgan fingerprint density at radius 1 is 1.28 bits per heavy atom. The zero-order chi connectivity index (χ0) is 20.8. The predicted molar refractivity (Wildman–Crippen MR) is 112 cm³/mol. The molecule has 1 saturated heterocycles. The fourth-order valence-electron chi connectivity index (χ4n) is 3.28. The Balaban J connectivity index is 1.66. The predicted octanol–water partition coefficient (Wildman–Crippen LogP) is 2.19. The summed E-state index contributed by atoms with van der Waals surface area (Å²) < 4.78 is 6.90. The normalized spacial score (nSPS) is 16.5. The van der Waals surface area contributed by atoms with E-state index >= 15 is 0 Å². The Bertz CT molecular complexity index is 888. The van der Waals surface area contributed by atoms with E-state index in [0.29, 0.717) is 25.7 Å². The third kappa shape index (κ3) is 5.74. The van der Waals surface area contributed by atoms with Crippen molar-refractivity contribution in [3.63, 3.8) is 0 Å². The van der Waals surface area contributed by atoms with Gasteiger partial charge in [-0.25, -0.2) is 4.68 Å². The van der Waals surface area contributed by atoms with E-state index in [9.17, 15) is 9.59 Å². The molecule has 2 aromatic rings. The van der Waals surface area contributed by atoms with Gasteiger partial charge in [-0.1, -0.05) is 24.3 Å². The topological polar surface area (TPSA) is 76.5 Å². The lowest BCUT2D eigenvalue weighted by Crippen LogP contribution is -2.32. The average Bonchev–Trinajstić information content (AvgIpc) is 3.21. The van der Waals surface area contributed by atoms with Crippen LogP contribution < -0.4 is 10.9 Å². The Morgan fingerprint density at radius 3 is 2.72 bits per heavy atom. The van der Waals surface area contributed by atoms with Gasteiger partial charge in [0.1, 0.15) is 5.69 Å². The molecule has 1 aromatic heterocycles. The van der Waals surface area contributed by atoms with Gasteiger partial charge in [-0.15, -0.1) is 0 Å². The van der Waals surface area contributed by atoms with Crippen LogP contribution in [0.2, 0.25) is 0 Å². The molecular weight excluding hydrogens is 368 g/mol. The minimum atomic E-state index is -0.293. The van der Waals surface area contributed by atoms with E-state index in [0.717, 1.165) is 24.9 Å². The van der Waals surface area contributed by atoms with Gasteiger partial charge in [0.05, 0.1) is 12.6 Å². The summed E-state index contributed by atoms with van der Waals surface area (Å²) in [7, 11) is 2.08. The molecule has 1 unspecified atom stereocenters. The molecule has 1 N–H and O–H groups in total. The first kappa shape index (κ1) is 21.2. The van der Waals surface area contributed by atoms with Crippen molar-refractivity contribution in [3.05, 3.63) is 63.6 Å². The lowest BCUT2D eigenvalue weighted by molar-refractivity contribution is 0.0896. The van der Waals surface area contributed by atoms with Gasteiger partial charge >= 0.3 is 0 Å². The van der Waals surface area contributed by atoms with E-state index < -0.39 is 0 Å². The van der Waals surface area contributed by atoms with Crippen LogP contribution in [0.1, 0.15) is 48.3 Å². The molecular formula is C22H30N4O3. The number of amides is 1. The fourth-order valence-corrected chi connectivity index (χ4v) is 3.28. The Morgan fingerprint density at radius 2 is 2.03 bits per heavy atom. The number of ether oxygens (including phenoxy) is 1. The first-order chi connectivity index (χ1) is 13.9. The van der Waals surface area contributed by atoms with E-state index in [1.54, 1.807) is 0 Å². The number of nitrogens with one attached hydrogen (secondary N) is 1. The highest BCUT2D eigenvalue weighted by molar-refractivity contribution is 5.91. The van der Waals surface area contributed by atoms with Crippen LogP contribution in [0.5, 0.6) is 0 Å². The maximum Gasteiger partial charge on any atom is 0.271 e. The number of nitrogens with zero attached hydrogens (tertiary/aromatic N) is 3. The van der Waals surface area contributed by atoms with Gasteiger partial charge in [0.2, 0.25) is 0 Å². The van der Waals surface area contributed by atoms with Crippen molar-refractivity contribution in [1.29, 1.82) is 0 Å². The van der Waals surface area contributed by atoms with E-state index in [1.165, 1.54) is 22.4 Å². The molecule has 1 aliphatic rings. The molecule has 7 nitrogen and oxygen atoms in total. The summed E-state index contributed by atoms with van der Waals surface area (Å²) in [5, 5.41) is 7.18. The van der Waals surface area contributed by atoms with Crippen molar-refractivity contribution in [3.8, 4) is 0 Å². The second-order valence-corrected chi connectivity index (χ2v) is 7.83. The van der Waals surface area contributed by atoms with Gasteiger partial charge in [-0.3, -0.25) is 14.5 Å². The molecule has 1 aromatic carbocycles. The fraction of sp³-hybridized carbons (Fsp3) is 0.500. The van der Waals surface area contributed by atoms with Crippen LogP contribution in [-0.2, 0) is 24.4 Å². The van der Waals surface area contributed by atoms with Crippen LogP contribution in [0.4, 0.5) is 0 Å². The number of hydrogen-bond donors (Lipinski definition) is 1. The smallest absolute Gasteiger partial charge is 0.271 e. The molecule has 156 valence electrons. The molecule has 29 heavy (non-hydrogen) atoms. The third-order valence-electron chi connectivity index (χ3n) is 5.36. The maximum atomic E-state index is 12.6. The lowest BCUT2D eigenvalue weighted by Gasteiger charge is -2.22. The summed E-state index contributed by atoms with van der Waals surface area (Å²) >= 11 is 0. The van der Waals surface area contributed by atoms with Gasteiger partial charge in [0.15, 0.2) is 0 Å². The van der Waals surface area contributed by atoms with Crippen LogP contribution in [0, 0.1) is 0 Å². The third-order valence-corrected chi connectivity index (χ3v) is 5.36. The minimum Gasteiger partial charge on any atom is -0.376 e. The molecule has 0 radical (unpaired) electrons. The Hall–Kier alpha value is -2.51. The van der Waals surface area contributed by atoms with Crippen molar-refractivity contribution in [1.82, 2.24) is 20.0 Å². The summed E-state index contributed by atoms with van der Waals surface area (Å²) in [6.45, 7) is 6.63. The molecule has 0 aliphatic carbocycles. The summed E-state index contributed by atoms with van der Waals surface area (Å²) in [6, 6.07) is 11.4. The molecule has 1 fully saturated rings. The molecule has 1 atom stereocenters. The second kappa shape index (κ2) is 9.80. The highest BCUT2D eigenvalue weighted by Gasteiger charge is 2.18. The van der Waals surface area contributed by atoms with Crippen molar-refractivity contribution in [2.24, 2.45) is 0 Å². The second-order valence-electron chi connectivity index (χ2n) is 7.83. The lowest BCUT2D eigenvalue weighted by atomic mass is 10.1. The summed E-state index contributed by atoms with van der Waals surface area (Å²) in [6.07, 6.45) is 1.89. The average molecular weight is 399 g/mol. The standard InChI is InChI=1S/C22H30N4O3/c1-16(2)25(3)14-18-8-5-4-7-17(18)13-23-22(28)20-10-11-21(27)26(24-20)15-19-9-6-12-29-19/h4-5,7-8,10-11,16,19H,6,9,12-15H2,1-3H3,(H,23,28). The SMILES string of the molecule is CC(C)N(C)Cc1ccccc1CNC(=O)c1ccc(=O)n(CC2CCCO2)n1. The van der Waals surface area contributed by atoms with Gasteiger partial charge in [-0.05, 0) is 50.9 Å². The number of carbonyl (C=O) groups excluding carboxylic acids is 1. The molecule has 3 rings (SSSR count). The molecule has 0 saturated carbocycles. The number of carbonyl (C=O) groups is 1. The van der Waals surface area contributed by atoms with Gasteiger partial charge in [0.25, 0.3) is 11.5 Å². The number of hydrogen-bond acceptors (Lipinski definition) is 5. The summed E-state index contributed by atoms with van der Waals surface area (Å²) in [5.74, 6) is -0.293. The largest absolute Gasteiger partial charge is 0.376 e. The van der Waals surface area contributed by atoms with Crippen LogP contribution in [-0.4, -0.2) is 46.4 Å². The van der Waals surface area contributed by atoms with E-state index in [2.05, 4.69) is 42.3 Å². The van der Waals surface area contributed by atoms with Crippen LogP contribution in [0.15, 0.2) is 41.2 Å². The number of benzene rings is 1. The number of aromatic nitrogens is 2. The highest BCUT2D eigenvalue weighted by atomic mass is 16.5. The quantitative estimate of drug-likeness (QED) is 0.738. The monoisotopic (exact) mass is 398 g/mol. The van der Waals surface area contributed by atoms with Crippen molar-refractivity contribution in [2.75, 3.05) is 13.7 Å². The van der Waals surface area contributed by atoms with Crippen molar-refractivity contribution in [2.45, 2.75) is 58.5 Å². The van der Waals surface area contributed by atoms with Gasteiger partial charge in [-0.2, -0.15) is 5.10 Å². The highest BCUT2D eigenvalue weighted by Crippen LogP contribution is 2.14. The summed E-state index contributed by atoms with van der Waals surface area (Å²) in [5.41, 5.74) is 2.26. The van der Waals surface area contributed by atoms with Crippen LogP contribution in [0.3, 0.4) is 0 Å². The van der Waals surface area contributed by atoms with E-state index in [1.807, 2.05) is 18.2 Å². The van der Waals surface area contributed by atoms with Crippen LogP contribution in [0.25, 0.3) is 0 Å². The molecule has 7 heteroatoms. The summed E-state index contributed by atoms with van der Waals surface area (Å²) in [4.78, 5) is 27.0. The van der Waals surface area contributed by atoms with Crippen LogP contribution >= 0.6 is 0 Å². The molecule has 2 heterocycles. The minimum absolute atomic E-state index is 0.0108. The molecule has 1 aliphatic heterocycles. The zero-order valence-corrected chi connectivity index (χ0v) is 17.4. The Labute approximate surface area is 171 Å². The molecule has 0 bridgehead atoms. The first-order valence-electron chi connectivity index (χ1n) is 10.2. The van der Waals surface area contributed by atoms with E-state index in [-0.39, 0.29) is 23.3 Å². The molecule has 1 amide bonds. The van der Waals surface area contributed by atoms with Gasteiger partial charge in [0, 0.05) is 31.8 Å². The first-order valence-corrected chi connectivity index (χ1v) is 10.2. The Kier molecular flexibility index (Phi) is 7.17. The van der Waals surface area contributed by atoms with Gasteiger partial charge < -0.3 is 10.1 Å². The maximum absolute atomic E-state index is 12.6.